The first-order valence-corrected chi connectivity index (χ1v) is 7.27. The Morgan fingerprint density at radius 2 is 1.29 bits per heavy atom. The van der Waals surface area contributed by atoms with Crippen LogP contribution in [0, 0.1) is 0 Å². The first kappa shape index (κ1) is 13.4. The molecule has 0 saturated heterocycles. The molecule has 0 atom stereocenters. The summed E-state index contributed by atoms with van der Waals surface area (Å²) in [5.74, 6) is 0.371. The van der Waals surface area contributed by atoms with Crippen molar-refractivity contribution in [2.24, 2.45) is 0 Å². The van der Waals surface area contributed by atoms with Crippen LogP contribution in [0.15, 0.2) is 72.8 Å². The minimum Gasteiger partial charge on any atom is -0.508 e. The van der Waals surface area contributed by atoms with Gasteiger partial charge in [-0.15, -0.1) is 0 Å². The van der Waals surface area contributed by atoms with Crippen molar-refractivity contribution in [3.8, 4) is 28.0 Å². The van der Waals surface area contributed by atoms with E-state index in [-0.39, 0.29) is 0 Å². The smallest absolute Gasteiger partial charge is 0.119 e. The first-order valence-electron chi connectivity index (χ1n) is 7.27. The summed E-state index contributed by atoms with van der Waals surface area (Å²) in [4.78, 5) is 0. The zero-order valence-electron chi connectivity index (χ0n) is 12.1. The van der Waals surface area contributed by atoms with Crippen molar-refractivity contribution in [2.45, 2.75) is 13.3 Å². The number of aromatic hydroxyl groups is 1. The zero-order chi connectivity index (χ0) is 14.7. The molecule has 1 N–H and O–H groups in total. The van der Waals surface area contributed by atoms with Gasteiger partial charge in [0, 0.05) is 5.56 Å². The second-order valence-electron chi connectivity index (χ2n) is 5.07. The summed E-state index contributed by atoms with van der Waals surface area (Å²) in [6.45, 7) is 2.08. The van der Waals surface area contributed by atoms with Gasteiger partial charge in [-0.2, -0.15) is 0 Å². The third kappa shape index (κ3) is 2.55. The van der Waals surface area contributed by atoms with Crippen molar-refractivity contribution >= 4 is 0 Å². The van der Waals surface area contributed by atoms with Crippen LogP contribution >= 0.6 is 0 Å². The highest BCUT2D eigenvalue weighted by Gasteiger charge is 2.14. The summed E-state index contributed by atoms with van der Waals surface area (Å²) in [6.07, 6.45) is 0.802. The van der Waals surface area contributed by atoms with Crippen LogP contribution in [0.4, 0.5) is 0 Å². The van der Waals surface area contributed by atoms with Crippen LogP contribution in [-0.2, 0) is 6.42 Å². The largest absolute Gasteiger partial charge is 0.508 e. The summed E-state index contributed by atoms with van der Waals surface area (Å²) in [6, 6.07) is 24.4. The van der Waals surface area contributed by atoms with Gasteiger partial charge in [0.1, 0.15) is 5.75 Å². The lowest BCUT2D eigenvalue weighted by Crippen LogP contribution is -1.93. The fourth-order valence-corrected chi connectivity index (χ4v) is 2.79. The molecule has 0 saturated carbocycles. The second kappa shape index (κ2) is 5.84. The molecule has 3 aromatic carbocycles. The lowest BCUT2D eigenvalue weighted by molar-refractivity contribution is 0.469. The van der Waals surface area contributed by atoms with Crippen LogP contribution in [-0.4, -0.2) is 5.11 Å². The lowest BCUT2D eigenvalue weighted by Gasteiger charge is -2.16. The van der Waals surface area contributed by atoms with E-state index in [1.807, 2.05) is 42.5 Å². The molecule has 0 amide bonds. The Morgan fingerprint density at radius 1 is 0.714 bits per heavy atom. The maximum absolute atomic E-state index is 10.2. The normalized spacial score (nSPS) is 10.5. The Bertz CT molecular complexity index is 731. The average Bonchev–Trinajstić information content (AvgIpc) is 2.56. The summed E-state index contributed by atoms with van der Waals surface area (Å²) < 4.78 is 0. The molecule has 3 rings (SSSR count). The van der Waals surface area contributed by atoms with Crippen LogP contribution in [0.5, 0.6) is 5.75 Å². The fourth-order valence-electron chi connectivity index (χ4n) is 2.79. The number of benzene rings is 3. The highest BCUT2D eigenvalue weighted by molar-refractivity contribution is 5.87. The summed E-state index contributed by atoms with van der Waals surface area (Å²) in [5, 5.41) is 10.2. The zero-order valence-corrected chi connectivity index (χ0v) is 12.1. The molecule has 0 spiro atoms. The molecule has 0 aliphatic heterocycles. The number of phenols is 1. The average molecular weight is 274 g/mol. The van der Waals surface area contributed by atoms with Crippen molar-refractivity contribution in [3.63, 3.8) is 0 Å². The molecule has 21 heavy (non-hydrogen) atoms. The third-order valence-corrected chi connectivity index (χ3v) is 3.79. The van der Waals surface area contributed by atoms with E-state index in [0.29, 0.717) is 5.75 Å². The number of phenolic OH excluding ortho intramolecular Hbond substituents is 1. The van der Waals surface area contributed by atoms with E-state index < -0.39 is 0 Å². The highest BCUT2D eigenvalue weighted by atomic mass is 16.3. The maximum atomic E-state index is 10.2. The van der Waals surface area contributed by atoms with Gasteiger partial charge in [-0.25, -0.2) is 0 Å². The van der Waals surface area contributed by atoms with Crippen LogP contribution in [0.1, 0.15) is 12.5 Å². The van der Waals surface area contributed by atoms with E-state index in [0.717, 1.165) is 28.7 Å². The number of rotatable bonds is 3. The Kier molecular flexibility index (Phi) is 3.74. The van der Waals surface area contributed by atoms with Gasteiger partial charge in [0.15, 0.2) is 0 Å². The van der Waals surface area contributed by atoms with Crippen molar-refractivity contribution in [1.29, 1.82) is 0 Å². The molecule has 0 aliphatic carbocycles. The minimum atomic E-state index is 0.371. The summed E-state index contributed by atoms with van der Waals surface area (Å²) >= 11 is 0. The molecule has 1 heteroatoms. The third-order valence-electron chi connectivity index (χ3n) is 3.79. The molecule has 3 aromatic rings. The van der Waals surface area contributed by atoms with Gasteiger partial charge >= 0.3 is 0 Å². The lowest BCUT2D eigenvalue weighted by atomic mass is 9.89. The van der Waals surface area contributed by atoms with Gasteiger partial charge in [-0.05, 0) is 34.7 Å². The van der Waals surface area contributed by atoms with Crippen molar-refractivity contribution in [3.05, 3.63) is 78.4 Å². The minimum absolute atomic E-state index is 0.371. The second-order valence-corrected chi connectivity index (χ2v) is 5.07. The Morgan fingerprint density at radius 3 is 1.86 bits per heavy atom. The molecule has 0 unspecified atom stereocenters. The topological polar surface area (TPSA) is 20.2 Å². The van der Waals surface area contributed by atoms with E-state index in [1.165, 1.54) is 5.56 Å². The standard InChI is InChI=1S/C20H18O/c1-2-17-19(21)14-13-18(15-9-5-3-6-10-15)20(17)16-11-7-4-8-12-16/h3-14,21H,2H2,1H3. The molecule has 0 radical (unpaired) electrons. The van der Waals surface area contributed by atoms with E-state index in [4.69, 9.17) is 0 Å². The van der Waals surface area contributed by atoms with Crippen molar-refractivity contribution < 1.29 is 5.11 Å². The Hall–Kier alpha value is -2.54. The molecular formula is C20H18O. The fraction of sp³-hybridized carbons (Fsp3) is 0.100. The molecule has 0 aliphatic rings. The van der Waals surface area contributed by atoms with Crippen LogP contribution in [0.2, 0.25) is 0 Å². The van der Waals surface area contributed by atoms with Gasteiger partial charge < -0.3 is 5.11 Å². The van der Waals surface area contributed by atoms with Gasteiger partial charge in [0.05, 0.1) is 0 Å². The Balaban J connectivity index is 2.31. The quantitative estimate of drug-likeness (QED) is 0.688. The molecule has 0 aromatic heterocycles. The van der Waals surface area contributed by atoms with Crippen molar-refractivity contribution in [1.82, 2.24) is 0 Å². The molecule has 0 bridgehead atoms. The van der Waals surface area contributed by atoms with Gasteiger partial charge in [-0.3, -0.25) is 0 Å². The maximum Gasteiger partial charge on any atom is 0.119 e. The predicted octanol–water partition coefficient (Wildman–Crippen LogP) is 5.29. The summed E-state index contributed by atoms with van der Waals surface area (Å²) in [5.41, 5.74) is 5.61. The van der Waals surface area contributed by atoms with E-state index >= 15 is 0 Å². The molecule has 0 fully saturated rings. The van der Waals surface area contributed by atoms with E-state index in [9.17, 15) is 5.11 Å². The Labute approximate surface area is 125 Å². The predicted molar refractivity (Wildman–Crippen MR) is 88.4 cm³/mol. The van der Waals surface area contributed by atoms with Crippen LogP contribution < -0.4 is 0 Å². The highest BCUT2D eigenvalue weighted by Crippen LogP contribution is 2.39. The summed E-state index contributed by atoms with van der Waals surface area (Å²) in [7, 11) is 0. The number of hydrogen-bond acceptors (Lipinski definition) is 1. The number of hydrogen-bond donors (Lipinski definition) is 1. The van der Waals surface area contributed by atoms with Crippen molar-refractivity contribution in [2.75, 3.05) is 0 Å². The van der Waals surface area contributed by atoms with Crippen LogP contribution in [0.3, 0.4) is 0 Å². The van der Waals surface area contributed by atoms with Gasteiger partial charge in [-0.1, -0.05) is 73.7 Å². The van der Waals surface area contributed by atoms with Crippen LogP contribution in [0.25, 0.3) is 22.3 Å². The molecular weight excluding hydrogens is 256 g/mol. The van der Waals surface area contributed by atoms with Gasteiger partial charge in [0.2, 0.25) is 0 Å². The molecule has 0 heterocycles. The first-order chi connectivity index (χ1) is 10.3. The van der Waals surface area contributed by atoms with E-state index in [2.05, 4.69) is 31.2 Å². The van der Waals surface area contributed by atoms with Gasteiger partial charge in [0.25, 0.3) is 0 Å². The molecule has 104 valence electrons. The monoisotopic (exact) mass is 274 g/mol. The van der Waals surface area contributed by atoms with E-state index in [1.54, 1.807) is 6.07 Å². The SMILES string of the molecule is CCc1c(O)ccc(-c2ccccc2)c1-c1ccccc1. The molecule has 1 nitrogen and oxygen atoms in total.